The Labute approximate surface area is 82.3 Å². The van der Waals surface area contributed by atoms with Crippen LogP contribution in [0.4, 0.5) is 0 Å². The molecule has 2 atom stereocenters. The highest BCUT2D eigenvalue weighted by molar-refractivity contribution is 5.80. The zero-order chi connectivity index (χ0) is 10.1. The van der Waals surface area contributed by atoms with Crippen LogP contribution >= 0.6 is 0 Å². The number of carbonyl (C=O) groups is 1. The van der Waals surface area contributed by atoms with E-state index in [9.17, 15) is 9.90 Å². The number of ether oxygens (including phenoxy) is 1. The predicted octanol–water partition coefficient (Wildman–Crippen LogP) is 1.81. The van der Waals surface area contributed by atoms with Gasteiger partial charge in [-0.1, -0.05) is 12.1 Å². The van der Waals surface area contributed by atoms with Crippen molar-refractivity contribution in [1.29, 1.82) is 0 Å². The van der Waals surface area contributed by atoms with Crippen LogP contribution in [0.15, 0.2) is 24.3 Å². The largest absolute Gasteiger partial charge is 0.508 e. The lowest BCUT2D eigenvalue weighted by Crippen LogP contribution is -2.05. The standard InChI is InChI=1S/C11H12O3/c1-7-5-10(11(13)14-7)8-3-2-4-9(12)6-8/h2-4,6-7,10,12H,5H2,1H3. The van der Waals surface area contributed by atoms with E-state index in [0.717, 1.165) is 5.56 Å². The van der Waals surface area contributed by atoms with Gasteiger partial charge in [0, 0.05) is 6.42 Å². The molecule has 0 spiro atoms. The van der Waals surface area contributed by atoms with Crippen LogP contribution in [0.5, 0.6) is 5.75 Å². The van der Waals surface area contributed by atoms with Gasteiger partial charge < -0.3 is 9.84 Å². The fourth-order valence-electron chi connectivity index (χ4n) is 1.77. The molecule has 1 saturated heterocycles. The van der Waals surface area contributed by atoms with E-state index >= 15 is 0 Å². The van der Waals surface area contributed by atoms with E-state index in [2.05, 4.69) is 0 Å². The van der Waals surface area contributed by atoms with E-state index in [4.69, 9.17) is 4.74 Å². The zero-order valence-electron chi connectivity index (χ0n) is 7.93. The monoisotopic (exact) mass is 192 g/mol. The van der Waals surface area contributed by atoms with E-state index in [0.29, 0.717) is 6.42 Å². The van der Waals surface area contributed by atoms with Crippen LogP contribution in [0, 0.1) is 0 Å². The van der Waals surface area contributed by atoms with Gasteiger partial charge in [0.1, 0.15) is 11.9 Å². The van der Waals surface area contributed by atoms with Crippen molar-refractivity contribution in [2.75, 3.05) is 0 Å². The normalized spacial score (nSPS) is 26.2. The molecule has 74 valence electrons. The predicted molar refractivity (Wildman–Crippen MR) is 51.0 cm³/mol. The molecule has 0 bridgehead atoms. The van der Waals surface area contributed by atoms with Crippen LogP contribution in [0.1, 0.15) is 24.8 Å². The first-order chi connectivity index (χ1) is 6.66. The SMILES string of the molecule is CC1CC(c2cccc(O)c2)C(=O)O1. The molecule has 0 aliphatic carbocycles. The molecule has 0 aromatic heterocycles. The first kappa shape index (κ1) is 9.06. The fraction of sp³-hybridized carbons (Fsp3) is 0.364. The van der Waals surface area contributed by atoms with Crippen molar-refractivity contribution < 1.29 is 14.6 Å². The highest BCUT2D eigenvalue weighted by Gasteiger charge is 2.32. The summed E-state index contributed by atoms with van der Waals surface area (Å²) in [6, 6.07) is 6.78. The van der Waals surface area contributed by atoms with Crippen molar-refractivity contribution in [3.63, 3.8) is 0 Å². The molecule has 2 rings (SSSR count). The molecule has 1 N–H and O–H groups in total. The summed E-state index contributed by atoms with van der Waals surface area (Å²) in [7, 11) is 0. The number of cyclic esters (lactones) is 1. The number of benzene rings is 1. The van der Waals surface area contributed by atoms with Crippen molar-refractivity contribution in [2.24, 2.45) is 0 Å². The van der Waals surface area contributed by atoms with Gasteiger partial charge in [-0.3, -0.25) is 4.79 Å². The number of esters is 1. The third kappa shape index (κ3) is 1.58. The number of hydrogen-bond donors (Lipinski definition) is 1. The number of carbonyl (C=O) groups excluding carboxylic acids is 1. The van der Waals surface area contributed by atoms with E-state index in [1.54, 1.807) is 18.2 Å². The molecule has 14 heavy (non-hydrogen) atoms. The van der Waals surface area contributed by atoms with E-state index < -0.39 is 0 Å². The van der Waals surface area contributed by atoms with Gasteiger partial charge in [-0.15, -0.1) is 0 Å². The van der Waals surface area contributed by atoms with E-state index in [1.807, 2.05) is 13.0 Å². The summed E-state index contributed by atoms with van der Waals surface area (Å²) in [5.74, 6) is -0.213. The number of phenolic OH excluding ortho intramolecular Hbond substituents is 1. The number of hydrogen-bond acceptors (Lipinski definition) is 3. The van der Waals surface area contributed by atoms with Gasteiger partial charge in [-0.05, 0) is 24.6 Å². The Hall–Kier alpha value is -1.51. The highest BCUT2D eigenvalue weighted by atomic mass is 16.5. The Bertz CT molecular complexity index is 359. The second-order valence-electron chi connectivity index (χ2n) is 3.63. The summed E-state index contributed by atoms with van der Waals surface area (Å²) >= 11 is 0. The van der Waals surface area contributed by atoms with E-state index in [1.165, 1.54) is 0 Å². The van der Waals surface area contributed by atoms with Crippen LogP contribution in [0.3, 0.4) is 0 Å². The van der Waals surface area contributed by atoms with Crippen LogP contribution < -0.4 is 0 Å². The number of aromatic hydroxyl groups is 1. The first-order valence-corrected chi connectivity index (χ1v) is 4.66. The molecule has 3 heteroatoms. The summed E-state index contributed by atoms with van der Waals surface area (Å²) in [6.45, 7) is 1.88. The third-order valence-corrected chi connectivity index (χ3v) is 2.44. The average Bonchev–Trinajstić information content (AvgIpc) is 2.45. The Morgan fingerprint density at radius 2 is 2.29 bits per heavy atom. The Morgan fingerprint density at radius 1 is 1.50 bits per heavy atom. The molecule has 0 radical (unpaired) electrons. The minimum atomic E-state index is -0.211. The minimum absolute atomic E-state index is 0.0187. The van der Waals surface area contributed by atoms with Gasteiger partial charge in [0.25, 0.3) is 0 Å². The molecule has 0 amide bonds. The van der Waals surface area contributed by atoms with Gasteiger partial charge in [0.2, 0.25) is 0 Å². The summed E-state index contributed by atoms with van der Waals surface area (Å²) in [4.78, 5) is 11.4. The molecule has 2 unspecified atom stereocenters. The molecule has 1 aromatic carbocycles. The second kappa shape index (κ2) is 3.33. The van der Waals surface area contributed by atoms with Crippen LogP contribution in [-0.2, 0) is 9.53 Å². The molecular formula is C11H12O3. The van der Waals surface area contributed by atoms with Crippen molar-refractivity contribution in [3.05, 3.63) is 29.8 Å². The highest BCUT2D eigenvalue weighted by Crippen LogP contribution is 2.31. The smallest absolute Gasteiger partial charge is 0.313 e. The van der Waals surface area contributed by atoms with Crippen molar-refractivity contribution in [1.82, 2.24) is 0 Å². The minimum Gasteiger partial charge on any atom is -0.508 e. The topological polar surface area (TPSA) is 46.5 Å². The van der Waals surface area contributed by atoms with Gasteiger partial charge in [0.15, 0.2) is 0 Å². The molecule has 0 saturated carbocycles. The summed E-state index contributed by atoms with van der Waals surface area (Å²) in [6.07, 6.45) is 0.678. The van der Waals surface area contributed by atoms with Crippen molar-refractivity contribution in [2.45, 2.75) is 25.4 Å². The van der Waals surface area contributed by atoms with Gasteiger partial charge in [-0.25, -0.2) is 0 Å². The van der Waals surface area contributed by atoms with Gasteiger partial charge in [-0.2, -0.15) is 0 Å². The Kier molecular flexibility index (Phi) is 2.15. The second-order valence-corrected chi connectivity index (χ2v) is 3.63. The van der Waals surface area contributed by atoms with Crippen molar-refractivity contribution in [3.8, 4) is 5.75 Å². The first-order valence-electron chi connectivity index (χ1n) is 4.66. The number of phenols is 1. The molecule has 1 fully saturated rings. The van der Waals surface area contributed by atoms with Gasteiger partial charge in [0.05, 0.1) is 5.92 Å². The summed E-state index contributed by atoms with van der Waals surface area (Å²) in [5, 5.41) is 9.27. The molecule has 1 aliphatic rings. The molecule has 3 nitrogen and oxygen atoms in total. The lowest BCUT2D eigenvalue weighted by Gasteiger charge is -2.05. The quantitative estimate of drug-likeness (QED) is 0.690. The Balaban J connectivity index is 2.27. The Morgan fingerprint density at radius 3 is 2.86 bits per heavy atom. The molecule has 1 aromatic rings. The maximum absolute atomic E-state index is 11.4. The van der Waals surface area contributed by atoms with Crippen LogP contribution in [0.2, 0.25) is 0 Å². The summed E-state index contributed by atoms with van der Waals surface area (Å²) < 4.78 is 5.05. The van der Waals surface area contributed by atoms with Crippen LogP contribution in [0.25, 0.3) is 0 Å². The average molecular weight is 192 g/mol. The third-order valence-electron chi connectivity index (χ3n) is 2.44. The lowest BCUT2D eigenvalue weighted by atomic mass is 9.96. The van der Waals surface area contributed by atoms with Gasteiger partial charge >= 0.3 is 5.97 Å². The van der Waals surface area contributed by atoms with E-state index in [-0.39, 0.29) is 23.7 Å². The maximum atomic E-state index is 11.4. The lowest BCUT2D eigenvalue weighted by molar-refractivity contribution is -0.141. The van der Waals surface area contributed by atoms with Crippen LogP contribution in [-0.4, -0.2) is 17.2 Å². The summed E-state index contributed by atoms with van der Waals surface area (Å²) in [5.41, 5.74) is 0.833. The molecule has 1 aliphatic heterocycles. The number of rotatable bonds is 1. The maximum Gasteiger partial charge on any atom is 0.313 e. The molecule has 1 heterocycles. The zero-order valence-corrected chi connectivity index (χ0v) is 7.93. The molecular weight excluding hydrogens is 180 g/mol. The van der Waals surface area contributed by atoms with Crippen molar-refractivity contribution >= 4 is 5.97 Å². The fourth-order valence-corrected chi connectivity index (χ4v) is 1.77.